The Balaban J connectivity index is 2.98. The summed E-state index contributed by atoms with van der Waals surface area (Å²) in [6.07, 6.45) is 0.579. The van der Waals surface area contributed by atoms with Crippen molar-refractivity contribution in [2.45, 2.75) is 33.2 Å². The molecule has 0 aliphatic carbocycles. The molecule has 0 radical (unpaired) electrons. The SMILES string of the molecule is CC(C)(C)CC(NS(=O)(=O)CC(=O)O)c1ccccc1. The zero-order valence-corrected chi connectivity index (χ0v) is 12.8. The van der Waals surface area contributed by atoms with E-state index in [4.69, 9.17) is 5.11 Å². The van der Waals surface area contributed by atoms with Crippen LogP contribution in [0.1, 0.15) is 38.8 Å². The molecule has 2 N–H and O–H groups in total. The average Bonchev–Trinajstić information content (AvgIpc) is 2.25. The van der Waals surface area contributed by atoms with Gasteiger partial charge >= 0.3 is 5.97 Å². The maximum Gasteiger partial charge on any atom is 0.320 e. The molecule has 0 heterocycles. The molecule has 0 fully saturated rings. The third-order valence-corrected chi connectivity index (χ3v) is 3.92. The number of rotatable bonds is 6. The van der Waals surface area contributed by atoms with E-state index >= 15 is 0 Å². The molecular formula is C14H21NO4S. The Kier molecular flexibility index (Phi) is 5.30. The molecule has 112 valence electrons. The number of aliphatic carboxylic acids is 1. The number of carboxylic acids is 1. The maximum absolute atomic E-state index is 11.8. The van der Waals surface area contributed by atoms with Crippen LogP contribution in [0, 0.1) is 5.41 Å². The van der Waals surface area contributed by atoms with E-state index < -0.39 is 27.8 Å². The molecule has 0 saturated heterocycles. The predicted octanol–water partition coefficient (Wildman–Crippen LogP) is 2.17. The molecule has 0 bridgehead atoms. The lowest BCUT2D eigenvalue weighted by Crippen LogP contribution is -2.35. The second-order valence-corrected chi connectivity index (χ2v) is 7.75. The van der Waals surface area contributed by atoms with Crippen molar-refractivity contribution in [1.82, 2.24) is 4.72 Å². The van der Waals surface area contributed by atoms with Crippen LogP contribution in [0.2, 0.25) is 0 Å². The van der Waals surface area contributed by atoms with Gasteiger partial charge in [-0.05, 0) is 17.4 Å². The van der Waals surface area contributed by atoms with Gasteiger partial charge in [0, 0.05) is 6.04 Å². The second kappa shape index (κ2) is 6.37. The van der Waals surface area contributed by atoms with Gasteiger partial charge in [-0.3, -0.25) is 4.79 Å². The lowest BCUT2D eigenvalue weighted by Gasteiger charge is -2.26. The Labute approximate surface area is 120 Å². The fourth-order valence-electron chi connectivity index (χ4n) is 1.95. The van der Waals surface area contributed by atoms with E-state index in [0.29, 0.717) is 6.42 Å². The van der Waals surface area contributed by atoms with Gasteiger partial charge in [0.15, 0.2) is 5.75 Å². The average molecular weight is 299 g/mol. The molecule has 1 aromatic carbocycles. The van der Waals surface area contributed by atoms with Gasteiger partial charge in [0.1, 0.15) is 0 Å². The van der Waals surface area contributed by atoms with E-state index in [9.17, 15) is 13.2 Å². The van der Waals surface area contributed by atoms with Gasteiger partial charge in [0.25, 0.3) is 0 Å². The lowest BCUT2D eigenvalue weighted by molar-refractivity contribution is -0.134. The van der Waals surface area contributed by atoms with Crippen LogP contribution in [0.5, 0.6) is 0 Å². The lowest BCUT2D eigenvalue weighted by atomic mass is 9.86. The van der Waals surface area contributed by atoms with Gasteiger partial charge in [-0.15, -0.1) is 0 Å². The topological polar surface area (TPSA) is 83.5 Å². The molecule has 0 amide bonds. The van der Waals surface area contributed by atoms with E-state index in [1.165, 1.54) is 0 Å². The fraction of sp³-hybridized carbons (Fsp3) is 0.500. The van der Waals surface area contributed by atoms with Crippen molar-refractivity contribution in [2.24, 2.45) is 5.41 Å². The van der Waals surface area contributed by atoms with E-state index in [0.717, 1.165) is 5.56 Å². The molecule has 0 aliphatic heterocycles. The Hall–Kier alpha value is -1.40. The van der Waals surface area contributed by atoms with Crippen LogP contribution in [-0.2, 0) is 14.8 Å². The number of hydrogen-bond acceptors (Lipinski definition) is 3. The summed E-state index contributed by atoms with van der Waals surface area (Å²) in [7, 11) is -3.85. The van der Waals surface area contributed by atoms with E-state index in [1.807, 2.05) is 51.1 Å². The van der Waals surface area contributed by atoms with Crippen LogP contribution in [-0.4, -0.2) is 25.2 Å². The minimum absolute atomic E-state index is 0.0910. The largest absolute Gasteiger partial charge is 0.480 e. The molecular weight excluding hydrogens is 278 g/mol. The maximum atomic E-state index is 11.8. The number of hydrogen-bond donors (Lipinski definition) is 2. The van der Waals surface area contributed by atoms with Gasteiger partial charge < -0.3 is 5.11 Å². The minimum Gasteiger partial charge on any atom is -0.480 e. The molecule has 20 heavy (non-hydrogen) atoms. The van der Waals surface area contributed by atoms with Gasteiger partial charge in [-0.1, -0.05) is 51.1 Å². The highest BCUT2D eigenvalue weighted by molar-refractivity contribution is 7.90. The molecule has 5 nitrogen and oxygen atoms in total. The molecule has 0 aromatic heterocycles. The van der Waals surface area contributed by atoms with Crippen LogP contribution in [0.15, 0.2) is 30.3 Å². The van der Waals surface area contributed by atoms with Gasteiger partial charge in [0.2, 0.25) is 10.0 Å². The first-order valence-corrected chi connectivity index (χ1v) is 8.01. The molecule has 1 atom stereocenters. The van der Waals surface area contributed by atoms with Gasteiger partial charge in [-0.2, -0.15) is 0 Å². The zero-order valence-electron chi connectivity index (χ0n) is 12.0. The minimum atomic E-state index is -3.85. The normalized spacial score (nSPS) is 13.9. The highest BCUT2D eigenvalue weighted by Crippen LogP contribution is 2.29. The Morgan fingerprint density at radius 3 is 2.25 bits per heavy atom. The van der Waals surface area contributed by atoms with Crippen molar-refractivity contribution < 1.29 is 18.3 Å². The van der Waals surface area contributed by atoms with E-state index in [2.05, 4.69) is 4.72 Å². The summed E-state index contributed by atoms with van der Waals surface area (Å²) in [5.41, 5.74) is 0.739. The highest BCUT2D eigenvalue weighted by Gasteiger charge is 2.26. The highest BCUT2D eigenvalue weighted by atomic mass is 32.2. The standard InChI is InChI=1S/C14H21NO4S/c1-14(2,3)9-12(11-7-5-4-6-8-11)15-20(18,19)10-13(16)17/h4-8,12,15H,9-10H2,1-3H3,(H,16,17). The summed E-state index contributed by atoms with van der Waals surface area (Å²) >= 11 is 0. The molecule has 0 aliphatic rings. The van der Waals surface area contributed by atoms with Crippen molar-refractivity contribution in [3.8, 4) is 0 Å². The number of nitrogens with one attached hydrogen (secondary N) is 1. The van der Waals surface area contributed by atoms with Gasteiger partial charge in [-0.25, -0.2) is 13.1 Å². The van der Waals surface area contributed by atoms with Crippen molar-refractivity contribution in [2.75, 3.05) is 5.75 Å². The quantitative estimate of drug-likeness (QED) is 0.843. The third kappa shape index (κ3) is 6.16. The summed E-state index contributed by atoms with van der Waals surface area (Å²) in [5, 5.41) is 8.65. The predicted molar refractivity (Wildman–Crippen MR) is 77.8 cm³/mol. The molecule has 6 heteroatoms. The number of benzene rings is 1. The van der Waals surface area contributed by atoms with Crippen LogP contribution in [0.25, 0.3) is 0 Å². The van der Waals surface area contributed by atoms with Crippen molar-refractivity contribution >= 4 is 16.0 Å². The van der Waals surface area contributed by atoms with Crippen molar-refractivity contribution in [3.05, 3.63) is 35.9 Å². The molecule has 0 saturated carbocycles. The summed E-state index contributed by atoms with van der Waals surface area (Å²) in [5.74, 6) is -2.28. The Morgan fingerprint density at radius 1 is 1.25 bits per heavy atom. The number of carbonyl (C=O) groups is 1. The molecule has 1 rings (SSSR count). The molecule has 0 spiro atoms. The molecule has 1 aromatic rings. The first-order valence-electron chi connectivity index (χ1n) is 6.36. The second-order valence-electron chi connectivity index (χ2n) is 6.00. The smallest absolute Gasteiger partial charge is 0.320 e. The zero-order chi connectivity index (χ0) is 15.4. The first-order chi connectivity index (χ1) is 9.09. The fourth-order valence-corrected chi connectivity index (χ4v) is 3.01. The van der Waals surface area contributed by atoms with E-state index in [-0.39, 0.29) is 5.41 Å². The summed E-state index contributed by atoms with van der Waals surface area (Å²) in [6, 6.07) is 8.75. The first kappa shape index (κ1) is 16.7. The van der Waals surface area contributed by atoms with E-state index in [1.54, 1.807) is 0 Å². The summed E-state index contributed by atoms with van der Waals surface area (Å²) in [4.78, 5) is 10.6. The Morgan fingerprint density at radius 2 is 1.80 bits per heavy atom. The number of sulfonamides is 1. The number of carboxylic acid groups (broad SMARTS) is 1. The third-order valence-electron chi connectivity index (χ3n) is 2.65. The van der Waals surface area contributed by atoms with Crippen molar-refractivity contribution in [3.63, 3.8) is 0 Å². The van der Waals surface area contributed by atoms with Gasteiger partial charge in [0.05, 0.1) is 0 Å². The van der Waals surface area contributed by atoms with Crippen LogP contribution in [0.4, 0.5) is 0 Å². The molecule has 1 unspecified atom stereocenters. The van der Waals surface area contributed by atoms with Crippen LogP contribution in [0.3, 0.4) is 0 Å². The van der Waals surface area contributed by atoms with Crippen LogP contribution < -0.4 is 4.72 Å². The van der Waals surface area contributed by atoms with Crippen LogP contribution >= 0.6 is 0 Å². The Bertz CT molecular complexity index is 546. The summed E-state index contributed by atoms with van der Waals surface area (Å²) in [6.45, 7) is 6.03. The summed E-state index contributed by atoms with van der Waals surface area (Å²) < 4.78 is 26.1. The monoisotopic (exact) mass is 299 g/mol. The van der Waals surface area contributed by atoms with Crippen molar-refractivity contribution in [1.29, 1.82) is 0 Å².